The standard InChI is InChI=1S/C12H9ClN2.BF4/c13-10-5-4-8-12(9-10)15-14-11-6-2-1-3-7-11;2-1(3,4)5/h1-9H;/q;-1/b15-14+;. The number of rotatable bonds is 2. The minimum Gasteiger partial charge on any atom is -0.418 e. The lowest BCUT2D eigenvalue weighted by atomic mass is 10.3. The van der Waals surface area contributed by atoms with Crippen molar-refractivity contribution in [3.8, 4) is 0 Å². The SMILES string of the molecule is Clc1cccc(/N=N/c2ccccc2)c1.F[B-](F)(F)F. The van der Waals surface area contributed by atoms with Gasteiger partial charge >= 0.3 is 7.25 Å². The van der Waals surface area contributed by atoms with Crippen LogP contribution in [-0.2, 0) is 0 Å². The molecule has 0 saturated carbocycles. The molecule has 0 saturated heterocycles. The predicted octanol–water partition coefficient (Wildman–Crippen LogP) is 6.06. The minimum atomic E-state index is -6.00. The molecule has 20 heavy (non-hydrogen) atoms. The summed E-state index contributed by atoms with van der Waals surface area (Å²) in [6, 6.07) is 16.9. The van der Waals surface area contributed by atoms with Crippen molar-refractivity contribution in [3.05, 3.63) is 59.6 Å². The van der Waals surface area contributed by atoms with Crippen molar-refractivity contribution in [1.29, 1.82) is 0 Å². The molecule has 0 N–H and O–H groups in total. The Balaban J connectivity index is 0.000000347. The van der Waals surface area contributed by atoms with Gasteiger partial charge in [0.05, 0.1) is 11.4 Å². The van der Waals surface area contributed by atoms with Crippen LogP contribution in [0.5, 0.6) is 0 Å². The first-order valence-electron chi connectivity index (χ1n) is 5.44. The van der Waals surface area contributed by atoms with Crippen molar-refractivity contribution in [2.75, 3.05) is 0 Å². The molecule has 0 aromatic heterocycles. The first kappa shape index (κ1) is 16.2. The Labute approximate surface area is 118 Å². The van der Waals surface area contributed by atoms with Crippen molar-refractivity contribution in [3.63, 3.8) is 0 Å². The van der Waals surface area contributed by atoms with Crippen LogP contribution >= 0.6 is 11.6 Å². The number of hydrogen-bond donors (Lipinski definition) is 0. The molecular formula is C12H9BClF4N2-. The molecule has 0 atom stereocenters. The van der Waals surface area contributed by atoms with Crippen LogP contribution in [0.4, 0.5) is 28.6 Å². The Morgan fingerprint density at radius 1 is 0.750 bits per heavy atom. The molecule has 0 aliphatic carbocycles. The van der Waals surface area contributed by atoms with E-state index in [4.69, 9.17) is 11.6 Å². The second kappa shape index (κ2) is 7.64. The van der Waals surface area contributed by atoms with E-state index >= 15 is 0 Å². The zero-order chi connectivity index (χ0) is 15.0. The highest BCUT2D eigenvalue weighted by Crippen LogP contribution is 2.20. The quantitative estimate of drug-likeness (QED) is 0.366. The highest BCUT2D eigenvalue weighted by molar-refractivity contribution is 6.50. The fourth-order valence-corrected chi connectivity index (χ4v) is 1.33. The van der Waals surface area contributed by atoms with Crippen LogP contribution in [0.25, 0.3) is 0 Å². The summed E-state index contributed by atoms with van der Waals surface area (Å²) in [5.74, 6) is 0. The lowest BCUT2D eigenvalue weighted by Gasteiger charge is -1.94. The summed E-state index contributed by atoms with van der Waals surface area (Å²) >= 11 is 5.82. The van der Waals surface area contributed by atoms with E-state index in [0.717, 1.165) is 11.4 Å². The highest BCUT2D eigenvalue weighted by atomic mass is 35.5. The molecule has 2 nitrogen and oxygen atoms in total. The third-order valence-electron chi connectivity index (χ3n) is 1.85. The summed E-state index contributed by atoms with van der Waals surface area (Å²) in [6.45, 7) is 0. The van der Waals surface area contributed by atoms with E-state index in [2.05, 4.69) is 10.2 Å². The maximum absolute atomic E-state index is 9.75. The average Bonchev–Trinajstić information content (AvgIpc) is 2.36. The fourth-order valence-electron chi connectivity index (χ4n) is 1.15. The molecule has 0 spiro atoms. The summed E-state index contributed by atoms with van der Waals surface area (Å²) in [4.78, 5) is 0. The van der Waals surface area contributed by atoms with Crippen LogP contribution in [0, 0.1) is 0 Å². The second-order valence-electron chi connectivity index (χ2n) is 3.51. The Morgan fingerprint density at radius 3 is 1.80 bits per heavy atom. The van der Waals surface area contributed by atoms with E-state index in [9.17, 15) is 17.3 Å². The van der Waals surface area contributed by atoms with Gasteiger partial charge in [-0.1, -0.05) is 35.9 Å². The Kier molecular flexibility index (Phi) is 6.18. The largest absolute Gasteiger partial charge is 0.673 e. The molecule has 0 aliphatic rings. The van der Waals surface area contributed by atoms with Crippen molar-refractivity contribution < 1.29 is 17.3 Å². The third-order valence-corrected chi connectivity index (χ3v) is 2.08. The van der Waals surface area contributed by atoms with Crippen LogP contribution < -0.4 is 0 Å². The van der Waals surface area contributed by atoms with Gasteiger partial charge in [0, 0.05) is 5.02 Å². The van der Waals surface area contributed by atoms with Crippen molar-refractivity contribution in [2.45, 2.75) is 0 Å². The molecule has 2 aromatic carbocycles. The van der Waals surface area contributed by atoms with Crippen molar-refractivity contribution >= 4 is 30.2 Å². The Hall–Kier alpha value is -1.89. The molecule has 0 bridgehead atoms. The molecule has 0 heterocycles. The smallest absolute Gasteiger partial charge is 0.418 e. The van der Waals surface area contributed by atoms with E-state index in [1.165, 1.54) is 0 Å². The van der Waals surface area contributed by atoms with Gasteiger partial charge in [0.2, 0.25) is 0 Å². The number of azo groups is 1. The maximum atomic E-state index is 9.75. The van der Waals surface area contributed by atoms with Crippen LogP contribution in [0.3, 0.4) is 0 Å². The van der Waals surface area contributed by atoms with E-state index < -0.39 is 7.25 Å². The minimum absolute atomic E-state index is 0.666. The van der Waals surface area contributed by atoms with Gasteiger partial charge in [0.15, 0.2) is 0 Å². The van der Waals surface area contributed by atoms with E-state index in [-0.39, 0.29) is 0 Å². The summed E-state index contributed by atoms with van der Waals surface area (Å²) in [7, 11) is -6.00. The molecule has 106 valence electrons. The van der Waals surface area contributed by atoms with Gasteiger partial charge in [0.25, 0.3) is 0 Å². The third kappa shape index (κ3) is 8.26. The molecule has 0 fully saturated rings. The number of nitrogens with zero attached hydrogens (tertiary/aromatic N) is 2. The van der Waals surface area contributed by atoms with E-state index in [0.29, 0.717) is 5.02 Å². The highest BCUT2D eigenvalue weighted by Gasteiger charge is 2.20. The number of halogens is 5. The van der Waals surface area contributed by atoms with Gasteiger partial charge in [-0.2, -0.15) is 10.2 Å². The van der Waals surface area contributed by atoms with E-state index in [1.807, 2.05) is 48.5 Å². The lowest BCUT2D eigenvalue weighted by molar-refractivity contribution is 0.368. The van der Waals surface area contributed by atoms with Crippen molar-refractivity contribution in [1.82, 2.24) is 0 Å². The normalized spacial score (nSPS) is 11.1. The number of benzene rings is 2. The zero-order valence-corrected chi connectivity index (χ0v) is 10.8. The van der Waals surface area contributed by atoms with Gasteiger partial charge in [-0.05, 0) is 30.3 Å². The fraction of sp³-hybridized carbons (Fsp3) is 0. The summed E-state index contributed by atoms with van der Waals surface area (Å²) in [5.41, 5.74) is 1.59. The maximum Gasteiger partial charge on any atom is 0.673 e. The molecule has 0 radical (unpaired) electrons. The predicted molar refractivity (Wildman–Crippen MR) is 72.3 cm³/mol. The molecule has 2 aromatic rings. The van der Waals surface area contributed by atoms with Crippen molar-refractivity contribution in [2.24, 2.45) is 10.2 Å². The Morgan fingerprint density at radius 2 is 1.25 bits per heavy atom. The second-order valence-corrected chi connectivity index (χ2v) is 3.95. The molecule has 0 aliphatic heterocycles. The van der Waals surface area contributed by atoms with Crippen LogP contribution in [0.1, 0.15) is 0 Å². The monoisotopic (exact) mass is 303 g/mol. The topological polar surface area (TPSA) is 24.7 Å². The summed E-state index contributed by atoms with van der Waals surface area (Å²) in [6.07, 6.45) is 0. The van der Waals surface area contributed by atoms with Gasteiger partial charge in [-0.25, -0.2) is 0 Å². The zero-order valence-electron chi connectivity index (χ0n) is 10.1. The van der Waals surface area contributed by atoms with Gasteiger partial charge < -0.3 is 17.3 Å². The van der Waals surface area contributed by atoms with Gasteiger partial charge in [0.1, 0.15) is 0 Å². The molecule has 2 rings (SSSR count). The number of hydrogen-bond acceptors (Lipinski definition) is 2. The molecule has 0 amide bonds. The first-order valence-corrected chi connectivity index (χ1v) is 5.82. The lowest BCUT2D eigenvalue weighted by Crippen LogP contribution is -2.02. The van der Waals surface area contributed by atoms with Crippen LogP contribution in [0.15, 0.2) is 64.8 Å². The Bertz CT molecular complexity index is 555. The van der Waals surface area contributed by atoms with Crippen LogP contribution in [-0.4, -0.2) is 7.25 Å². The molecule has 0 unspecified atom stereocenters. The summed E-state index contributed by atoms with van der Waals surface area (Å²) in [5, 5.41) is 8.83. The van der Waals surface area contributed by atoms with Gasteiger partial charge in [-0.15, -0.1) is 0 Å². The van der Waals surface area contributed by atoms with Crippen LogP contribution in [0.2, 0.25) is 5.02 Å². The summed E-state index contributed by atoms with van der Waals surface area (Å²) < 4.78 is 39.0. The molecule has 8 heteroatoms. The average molecular weight is 303 g/mol. The molecular weight excluding hydrogens is 294 g/mol. The first-order chi connectivity index (χ1) is 9.34. The van der Waals surface area contributed by atoms with Gasteiger partial charge in [-0.3, -0.25) is 0 Å². The van der Waals surface area contributed by atoms with E-state index in [1.54, 1.807) is 6.07 Å².